The van der Waals surface area contributed by atoms with E-state index in [-0.39, 0.29) is 30.5 Å². The minimum absolute atomic E-state index is 0. The Bertz CT molecular complexity index is 738. The van der Waals surface area contributed by atoms with Gasteiger partial charge in [-0.15, -0.1) is 24.0 Å². The van der Waals surface area contributed by atoms with Gasteiger partial charge in [-0.05, 0) is 44.4 Å². The number of guanidine groups is 1. The third-order valence-corrected chi connectivity index (χ3v) is 4.83. The first-order chi connectivity index (χ1) is 14.4. The van der Waals surface area contributed by atoms with Crippen LogP contribution in [0, 0.1) is 11.8 Å². The largest absolute Gasteiger partial charge is 0.416 e. The number of aliphatic imine (C=N–C) groups is 1. The summed E-state index contributed by atoms with van der Waals surface area (Å²) >= 11 is 0. The van der Waals surface area contributed by atoms with Crippen LogP contribution in [0.15, 0.2) is 29.3 Å². The molecule has 5 nitrogen and oxygen atoms in total. The molecular formula is C22H32F3IN4O. The fourth-order valence-electron chi connectivity index (χ4n) is 3.28. The number of piperidine rings is 1. The Kier molecular flexibility index (Phi) is 12.9. The molecule has 1 aliphatic heterocycles. The minimum atomic E-state index is -4.36. The van der Waals surface area contributed by atoms with Gasteiger partial charge < -0.3 is 20.3 Å². The summed E-state index contributed by atoms with van der Waals surface area (Å²) in [5, 5.41) is 6.65. The first-order valence-electron chi connectivity index (χ1n) is 10.3. The van der Waals surface area contributed by atoms with E-state index in [0.29, 0.717) is 17.6 Å². The number of benzene rings is 1. The van der Waals surface area contributed by atoms with E-state index in [1.54, 1.807) is 13.2 Å². The molecule has 1 fully saturated rings. The third kappa shape index (κ3) is 10.6. The highest BCUT2D eigenvalue weighted by Gasteiger charge is 2.30. The molecule has 0 atom stereocenters. The summed E-state index contributed by atoms with van der Waals surface area (Å²) in [6, 6.07) is 5.37. The highest BCUT2D eigenvalue weighted by atomic mass is 127. The second-order valence-electron chi connectivity index (χ2n) is 7.18. The molecule has 0 amide bonds. The van der Waals surface area contributed by atoms with Crippen LogP contribution in [-0.4, -0.2) is 63.3 Å². The van der Waals surface area contributed by atoms with E-state index in [1.807, 2.05) is 6.92 Å². The van der Waals surface area contributed by atoms with Gasteiger partial charge in [0.15, 0.2) is 5.96 Å². The van der Waals surface area contributed by atoms with Crippen LogP contribution in [0.25, 0.3) is 0 Å². The number of hydrogen-bond donors (Lipinski definition) is 2. The summed E-state index contributed by atoms with van der Waals surface area (Å²) in [7, 11) is 1.72. The van der Waals surface area contributed by atoms with Crippen LogP contribution in [0.3, 0.4) is 0 Å². The molecule has 174 valence electrons. The predicted molar refractivity (Wildman–Crippen MR) is 129 cm³/mol. The number of methoxy groups -OCH3 is 1. The molecule has 0 spiro atoms. The van der Waals surface area contributed by atoms with E-state index in [1.165, 1.54) is 6.07 Å². The van der Waals surface area contributed by atoms with Crippen LogP contribution in [0.2, 0.25) is 0 Å². The number of alkyl halides is 3. The van der Waals surface area contributed by atoms with Crippen LogP contribution in [-0.2, 0) is 10.9 Å². The molecule has 0 aromatic heterocycles. The molecule has 1 aromatic carbocycles. The Labute approximate surface area is 200 Å². The topological polar surface area (TPSA) is 48.9 Å². The van der Waals surface area contributed by atoms with Crippen molar-refractivity contribution in [1.82, 2.24) is 15.5 Å². The lowest BCUT2D eigenvalue weighted by Crippen LogP contribution is -2.48. The number of likely N-dealkylation sites (tertiary alicyclic amines) is 1. The fraction of sp³-hybridized carbons (Fsp3) is 0.591. The first kappa shape index (κ1) is 27.5. The molecule has 0 unspecified atom stereocenters. The summed E-state index contributed by atoms with van der Waals surface area (Å²) in [5.41, 5.74) is -0.361. The summed E-state index contributed by atoms with van der Waals surface area (Å²) < 4.78 is 43.4. The number of ether oxygens (including phenoxy) is 1. The summed E-state index contributed by atoms with van der Waals surface area (Å²) in [6.07, 6.45) is -1.25. The van der Waals surface area contributed by atoms with Gasteiger partial charge in [-0.1, -0.05) is 17.9 Å². The lowest BCUT2D eigenvalue weighted by Gasteiger charge is -2.33. The predicted octanol–water partition coefficient (Wildman–Crippen LogP) is 3.73. The molecule has 0 saturated carbocycles. The number of nitrogens with zero attached hydrogens (tertiary/aromatic N) is 2. The van der Waals surface area contributed by atoms with Crippen LogP contribution < -0.4 is 10.6 Å². The highest BCUT2D eigenvalue weighted by Crippen LogP contribution is 2.29. The molecule has 1 heterocycles. The van der Waals surface area contributed by atoms with Crippen molar-refractivity contribution in [2.75, 3.05) is 46.4 Å². The lowest BCUT2D eigenvalue weighted by atomic mass is 10.1. The molecule has 2 N–H and O–H groups in total. The van der Waals surface area contributed by atoms with Crippen LogP contribution in [0.1, 0.15) is 37.3 Å². The first-order valence-corrected chi connectivity index (χ1v) is 10.3. The van der Waals surface area contributed by atoms with Gasteiger partial charge in [0, 0.05) is 51.5 Å². The summed E-state index contributed by atoms with van der Waals surface area (Å²) in [4.78, 5) is 6.89. The maximum Gasteiger partial charge on any atom is 0.416 e. The third-order valence-electron chi connectivity index (χ3n) is 4.83. The smallest absolute Gasteiger partial charge is 0.385 e. The normalized spacial score (nSPS) is 15.6. The molecule has 2 rings (SSSR count). The molecule has 0 aliphatic carbocycles. The molecule has 31 heavy (non-hydrogen) atoms. The van der Waals surface area contributed by atoms with E-state index in [2.05, 4.69) is 32.4 Å². The van der Waals surface area contributed by atoms with Crippen molar-refractivity contribution in [3.05, 3.63) is 35.4 Å². The van der Waals surface area contributed by atoms with Gasteiger partial charge in [-0.3, -0.25) is 0 Å². The number of nitrogens with one attached hydrogen (secondary N) is 2. The number of halogens is 4. The fourth-order valence-corrected chi connectivity index (χ4v) is 3.28. The molecule has 0 radical (unpaired) electrons. The van der Waals surface area contributed by atoms with Crippen molar-refractivity contribution in [2.24, 2.45) is 4.99 Å². The standard InChI is InChI=1S/C22H31F3N4O.HI/c1-3-26-21(28-20-10-14-29(15-11-20)13-6-16-30-2)27-12-5-8-18-7-4-9-19(17-18)22(23,24)25;/h4,7,9,17,20H,3,6,10-16H2,1-2H3,(H2,26,27,28);1H. The number of rotatable bonds is 7. The van der Waals surface area contributed by atoms with Crippen LogP contribution in [0.5, 0.6) is 0 Å². The zero-order chi connectivity index (χ0) is 21.8. The van der Waals surface area contributed by atoms with Crippen LogP contribution in [0.4, 0.5) is 13.2 Å². The van der Waals surface area contributed by atoms with E-state index in [9.17, 15) is 13.2 Å². The van der Waals surface area contributed by atoms with Gasteiger partial charge in [-0.25, -0.2) is 4.99 Å². The maximum atomic E-state index is 12.8. The molecule has 1 saturated heterocycles. The maximum absolute atomic E-state index is 12.8. The second kappa shape index (κ2) is 14.5. The number of hydrogen-bond acceptors (Lipinski definition) is 3. The Morgan fingerprint density at radius 2 is 2.03 bits per heavy atom. The molecule has 0 bridgehead atoms. The second-order valence-corrected chi connectivity index (χ2v) is 7.18. The van der Waals surface area contributed by atoms with Crippen LogP contribution >= 0.6 is 24.0 Å². The van der Waals surface area contributed by atoms with Crippen molar-refractivity contribution in [3.63, 3.8) is 0 Å². The van der Waals surface area contributed by atoms with E-state index in [4.69, 9.17) is 4.74 Å². The van der Waals surface area contributed by atoms with E-state index in [0.717, 1.165) is 64.2 Å². The van der Waals surface area contributed by atoms with Gasteiger partial charge in [0.05, 0.1) is 5.56 Å². The van der Waals surface area contributed by atoms with Crippen molar-refractivity contribution < 1.29 is 17.9 Å². The van der Waals surface area contributed by atoms with Gasteiger partial charge in [0.2, 0.25) is 0 Å². The van der Waals surface area contributed by atoms with Gasteiger partial charge in [0.25, 0.3) is 0 Å². The minimum Gasteiger partial charge on any atom is -0.385 e. The average molecular weight is 552 g/mol. The van der Waals surface area contributed by atoms with Crippen molar-refractivity contribution >= 4 is 29.9 Å². The Hall–Kier alpha value is -1.51. The summed E-state index contributed by atoms with van der Waals surface area (Å²) in [5.74, 6) is 6.28. The van der Waals surface area contributed by atoms with Crippen molar-refractivity contribution in [1.29, 1.82) is 0 Å². The highest BCUT2D eigenvalue weighted by molar-refractivity contribution is 14.0. The molecule has 1 aliphatic rings. The van der Waals surface area contributed by atoms with Gasteiger partial charge in [0.1, 0.15) is 6.54 Å². The monoisotopic (exact) mass is 552 g/mol. The lowest BCUT2D eigenvalue weighted by molar-refractivity contribution is -0.137. The Morgan fingerprint density at radius 3 is 2.68 bits per heavy atom. The van der Waals surface area contributed by atoms with Crippen molar-refractivity contribution in [2.45, 2.75) is 38.4 Å². The van der Waals surface area contributed by atoms with Gasteiger partial charge >= 0.3 is 6.18 Å². The molecule has 9 heteroatoms. The Morgan fingerprint density at radius 1 is 1.29 bits per heavy atom. The summed E-state index contributed by atoms with van der Waals surface area (Å²) in [6.45, 7) is 6.84. The van der Waals surface area contributed by atoms with E-state index < -0.39 is 11.7 Å². The Balaban J connectivity index is 0.00000480. The molecular weight excluding hydrogens is 520 g/mol. The quantitative estimate of drug-likeness (QED) is 0.178. The van der Waals surface area contributed by atoms with Crippen molar-refractivity contribution in [3.8, 4) is 11.8 Å². The average Bonchev–Trinajstić information content (AvgIpc) is 2.72. The zero-order valence-electron chi connectivity index (χ0n) is 18.1. The van der Waals surface area contributed by atoms with Gasteiger partial charge in [-0.2, -0.15) is 13.2 Å². The zero-order valence-corrected chi connectivity index (χ0v) is 20.4. The SMILES string of the molecule is CCNC(=NCC#Cc1cccc(C(F)(F)F)c1)NC1CCN(CCCOC)CC1.I. The molecule has 1 aromatic rings. The van der Waals surface area contributed by atoms with E-state index >= 15 is 0 Å².